The van der Waals surface area contributed by atoms with Crippen LogP contribution < -0.4 is 5.32 Å². The van der Waals surface area contributed by atoms with Crippen molar-refractivity contribution in [3.05, 3.63) is 46.4 Å². The molecular weight excluding hydrogens is 282 g/mol. The molecule has 0 bridgehead atoms. The third-order valence-electron chi connectivity index (χ3n) is 2.39. The van der Waals surface area contributed by atoms with Crippen LogP contribution in [0.5, 0.6) is 0 Å². The minimum absolute atomic E-state index is 0.0671. The fraction of sp³-hybridized carbons (Fsp3) is 0.0909. The smallest absolute Gasteiger partial charge is 0.389 e. The van der Waals surface area contributed by atoms with E-state index in [4.69, 9.17) is 5.11 Å². The molecule has 0 aliphatic rings. The van der Waals surface area contributed by atoms with Gasteiger partial charge in [0.2, 0.25) is 5.91 Å². The van der Waals surface area contributed by atoms with E-state index >= 15 is 0 Å². The van der Waals surface area contributed by atoms with Crippen molar-refractivity contribution in [2.45, 2.75) is 6.54 Å². The van der Waals surface area contributed by atoms with Crippen LogP contribution in [0.2, 0.25) is 0 Å². The Morgan fingerprint density at radius 3 is 2.81 bits per heavy atom. The van der Waals surface area contributed by atoms with E-state index in [1.54, 1.807) is 0 Å². The molecule has 0 saturated heterocycles. The molecule has 2 aromatic heterocycles. The summed E-state index contributed by atoms with van der Waals surface area (Å²) < 4.78 is 1.10. The standard InChI is InChI=1S/C11H9N5O5/c17-10(6-15-2-1-9(14-15)16(20)21)13-8-3-7(11(18)19)4-12-5-8/h1-5H,6H2,(H,13,17)(H,18,19). The zero-order chi connectivity index (χ0) is 15.4. The van der Waals surface area contributed by atoms with Crippen LogP contribution in [0.1, 0.15) is 10.4 Å². The highest BCUT2D eigenvalue weighted by atomic mass is 16.6. The Morgan fingerprint density at radius 1 is 1.43 bits per heavy atom. The molecule has 2 heterocycles. The first-order chi connectivity index (χ1) is 9.95. The van der Waals surface area contributed by atoms with E-state index in [2.05, 4.69) is 15.4 Å². The average Bonchev–Trinajstić information content (AvgIpc) is 2.87. The average molecular weight is 291 g/mol. The lowest BCUT2D eigenvalue weighted by Gasteiger charge is -2.04. The fourth-order valence-corrected chi connectivity index (χ4v) is 1.51. The third kappa shape index (κ3) is 3.59. The molecule has 21 heavy (non-hydrogen) atoms. The van der Waals surface area contributed by atoms with Gasteiger partial charge < -0.3 is 20.5 Å². The number of carbonyl (C=O) groups excluding carboxylic acids is 1. The Balaban J connectivity index is 2.02. The SMILES string of the molecule is O=C(Cn1ccc([N+](=O)[O-])n1)Nc1cncc(C(=O)O)c1. The minimum Gasteiger partial charge on any atom is -0.478 e. The monoisotopic (exact) mass is 291 g/mol. The molecule has 10 nitrogen and oxygen atoms in total. The van der Waals surface area contributed by atoms with Gasteiger partial charge >= 0.3 is 11.8 Å². The molecule has 0 fully saturated rings. The lowest BCUT2D eigenvalue weighted by atomic mass is 10.2. The first kappa shape index (κ1) is 14.1. The van der Waals surface area contributed by atoms with Crippen molar-refractivity contribution in [1.82, 2.24) is 14.8 Å². The first-order valence-corrected chi connectivity index (χ1v) is 5.62. The van der Waals surface area contributed by atoms with Gasteiger partial charge in [-0.3, -0.25) is 9.78 Å². The van der Waals surface area contributed by atoms with Crippen LogP contribution in [0, 0.1) is 10.1 Å². The molecule has 0 spiro atoms. The summed E-state index contributed by atoms with van der Waals surface area (Å²) in [5, 5.41) is 25.3. The Kier molecular flexibility index (Phi) is 3.88. The molecule has 0 radical (unpaired) electrons. The number of hydrogen-bond donors (Lipinski definition) is 2. The first-order valence-electron chi connectivity index (χ1n) is 5.62. The summed E-state index contributed by atoms with van der Waals surface area (Å²) >= 11 is 0. The van der Waals surface area contributed by atoms with E-state index in [0.29, 0.717) is 0 Å². The molecule has 0 aliphatic carbocycles. The van der Waals surface area contributed by atoms with Gasteiger partial charge in [0.15, 0.2) is 0 Å². The summed E-state index contributed by atoms with van der Waals surface area (Å²) in [4.78, 5) is 36.0. The Bertz CT molecular complexity index is 711. The van der Waals surface area contributed by atoms with Crippen LogP contribution in [-0.4, -0.2) is 36.7 Å². The second-order valence-corrected chi connectivity index (χ2v) is 3.94. The number of aromatic carboxylic acids is 1. The van der Waals surface area contributed by atoms with E-state index in [1.165, 1.54) is 24.5 Å². The third-order valence-corrected chi connectivity index (χ3v) is 2.39. The highest BCUT2D eigenvalue weighted by Crippen LogP contribution is 2.09. The van der Waals surface area contributed by atoms with Gasteiger partial charge in [-0.25, -0.2) is 4.79 Å². The number of carbonyl (C=O) groups is 2. The summed E-state index contributed by atoms with van der Waals surface area (Å²) in [6.07, 6.45) is 3.73. The zero-order valence-electron chi connectivity index (χ0n) is 10.5. The quantitative estimate of drug-likeness (QED) is 0.604. The van der Waals surface area contributed by atoms with E-state index in [9.17, 15) is 19.7 Å². The van der Waals surface area contributed by atoms with Gasteiger partial charge in [0, 0.05) is 6.20 Å². The molecule has 0 saturated carbocycles. The van der Waals surface area contributed by atoms with Crippen LogP contribution in [0.25, 0.3) is 0 Å². The van der Waals surface area contributed by atoms with Crippen molar-refractivity contribution in [3.8, 4) is 0 Å². The van der Waals surface area contributed by atoms with Gasteiger partial charge in [-0.1, -0.05) is 0 Å². The number of pyridine rings is 1. The Hall–Kier alpha value is -3.30. The van der Waals surface area contributed by atoms with Gasteiger partial charge in [-0.15, -0.1) is 0 Å². The Morgan fingerprint density at radius 2 is 2.19 bits per heavy atom. The number of nitro groups is 1. The van der Waals surface area contributed by atoms with Gasteiger partial charge in [-0.2, -0.15) is 4.68 Å². The topological polar surface area (TPSA) is 140 Å². The highest BCUT2D eigenvalue weighted by Gasteiger charge is 2.14. The molecule has 0 aromatic carbocycles. The molecule has 108 valence electrons. The molecule has 2 N–H and O–H groups in total. The maximum Gasteiger partial charge on any atom is 0.389 e. The van der Waals surface area contributed by atoms with E-state index in [1.807, 2.05) is 0 Å². The zero-order valence-corrected chi connectivity index (χ0v) is 10.5. The van der Waals surface area contributed by atoms with Gasteiger partial charge in [0.05, 0.1) is 34.8 Å². The highest BCUT2D eigenvalue weighted by molar-refractivity contribution is 5.93. The van der Waals surface area contributed by atoms with Crippen LogP contribution >= 0.6 is 0 Å². The van der Waals surface area contributed by atoms with Crippen LogP contribution in [-0.2, 0) is 11.3 Å². The molecule has 2 rings (SSSR count). The number of carboxylic acid groups (broad SMARTS) is 1. The van der Waals surface area contributed by atoms with Gasteiger partial charge in [-0.05, 0) is 11.0 Å². The summed E-state index contributed by atoms with van der Waals surface area (Å²) in [5.74, 6) is -2.05. The normalized spacial score (nSPS) is 10.1. The van der Waals surface area contributed by atoms with Crippen LogP contribution in [0.3, 0.4) is 0 Å². The maximum absolute atomic E-state index is 11.7. The molecule has 1 amide bonds. The number of hydrogen-bond acceptors (Lipinski definition) is 6. The summed E-state index contributed by atoms with van der Waals surface area (Å²) in [6, 6.07) is 2.42. The van der Waals surface area contributed by atoms with Crippen molar-refractivity contribution in [2.75, 3.05) is 5.32 Å². The van der Waals surface area contributed by atoms with Crippen LogP contribution in [0.15, 0.2) is 30.7 Å². The largest absolute Gasteiger partial charge is 0.478 e. The molecule has 0 aliphatic heterocycles. The fourth-order valence-electron chi connectivity index (χ4n) is 1.51. The van der Waals surface area contributed by atoms with E-state index < -0.39 is 16.8 Å². The molecule has 0 atom stereocenters. The number of rotatable bonds is 5. The summed E-state index contributed by atoms with van der Waals surface area (Å²) in [7, 11) is 0. The number of nitrogens with zero attached hydrogens (tertiary/aromatic N) is 4. The minimum atomic E-state index is -1.17. The molecular formula is C11H9N5O5. The van der Waals surface area contributed by atoms with E-state index in [0.717, 1.165) is 10.9 Å². The number of amides is 1. The molecule has 2 aromatic rings. The van der Waals surface area contributed by atoms with Crippen molar-refractivity contribution >= 4 is 23.4 Å². The predicted octanol–water partition coefficient (Wildman–Crippen LogP) is 0.523. The van der Waals surface area contributed by atoms with Crippen molar-refractivity contribution < 1.29 is 19.6 Å². The Labute approximate surface area is 117 Å². The molecule has 0 unspecified atom stereocenters. The lowest BCUT2D eigenvalue weighted by Crippen LogP contribution is -2.19. The number of aromatic nitrogens is 3. The van der Waals surface area contributed by atoms with Gasteiger partial charge in [0.25, 0.3) is 0 Å². The second-order valence-electron chi connectivity index (χ2n) is 3.94. The number of anilines is 1. The number of nitrogens with one attached hydrogen (secondary N) is 1. The maximum atomic E-state index is 11.7. The second kappa shape index (κ2) is 5.77. The molecule has 10 heteroatoms. The van der Waals surface area contributed by atoms with Crippen molar-refractivity contribution in [3.63, 3.8) is 0 Å². The predicted molar refractivity (Wildman–Crippen MR) is 68.7 cm³/mol. The van der Waals surface area contributed by atoms with Crippen molar-refractivity contribution in [2.24, 2.45) is 0 Å². The van der Waals surface area contributed by atoms with E-state index in [-0.39, 0.29) is 23.6 Å². The van der Waals surface area contributed by atoms with Crippen molar-refractivity contribution in [1.29, 1.82) is 0 Å². The summed E-state index contributed by atoms with van der Waals surface area (Å²) in [6.45, 7) is -0.245. The number of carboxylic acids is 1. The van der Waals surface area contributed by atoms with Crippen LogP contribution in [0.4, 0.5) is 11.5 Å². The van der Waals surface area contributed by atoms with Gasteiger partial charge in [0.1, 0.15) is 6.54 Å². The summed E-state index contributed by atoms with van der Waals surface area (Å²) in [5.41, 5.74) is 0.143. The lowest BCUT2D eigenvalue weighted by molar-refractivity contribution is -0.389.